The molecule has 5 rings (SSSR count). The molecule has 1 unspecified atom stereocenters. The van der Waals surface area contributed by atoms with E-state index in [1.54, 1.807) is 6.26 Å². The molecule has 7 heteroatoms. The van der Waals surface area contributed by atoms with Gasteiger partial charge in [-0.05, 0) is 55.5 Å². The number of Topliss-reactive ketones (excluding diaryl/α,β-unsaturated/α-hetero) is 1. The summed E-state index contributed by atoms with van der Waals surface area (Å²) in [5, 5.41) is 8.17. The third-order valence-corrected chi connectivity index (χ3v) is 6.41. The van der Waals surface area contributed by atoms with E-state index in [0.717, 1.165) is 36.3 Å². The van der Waals surface area contributed by atoms with E-state index in [1.807, 2.05) is 16.8 Å². The quantitative estimate of drug-likeness (QED) is 0.610. The smallest absolute Gasteiger partial charge is 0.227 e. The van der Waals surface area contributed by atoms with Crippen molar-refractivity contribution in [2.75, 3.05) is 23.3 Å². The van der Waals surface area contributed by atoms with E-state index in [0.29, 0.717) is 24.0 Å². The number of ketones is 1. The molecule has 1 N–H and O–H groups in total. The number of hydrogen-bond donors (Lipinski definition) is 1. The number of carbonyl (C=O) groups is 1. The van der Waals surface area contributed by atoms with Gasteiger partial charge in [0, 0.05) is 36.5 Å². The highest BCUT2D eigenvalue weighted by Crippen LogP contribution is 2.45. The van der Waals surface area contributed by atoms with Crippen LogP contribution in [0.1, 0.15) is 52.1 Å². The van der Waals surface area contributed by atoms with E-state index in [9.17, 15) is 4.79 Å². The van der Waals surface area contributed by atoms with Gasteiger partial charge in [-0.15, -0.1) is 5.10 Å². The Hall–Kier alpha value is -3.35. The van der Waals surface area contributed by atoms with Gasteiger partial charge in [-0.3, -0.25) is 4.79 Å². The predicted octanol–water partition coefficient (Wildman–Crippen LogP) is 5.04. The first-order valence-electron chi connectivity index (χ1n) is 11.3. The molecular formula is C25H29N5O2. The van der Waals surface area contributed by atoms with E-state index >= 15 is 0 Å². The van der Waals surface area contributed by atoms with Gasteiger partial charge in [-0.2, -0.15) is 4.98 Å². The van der Waals surface area contributed by atoms with E-state index in [2.05, 4.69) is 62.2 Å². The topological polar surface area (TPSA) is 76.2 Å². The lowest BCUT2D eigenvalue weighted by Gasteiger charge is -2.38. The van der Waals surface area contributed by atoms with E-state index in [1.165, 1.54) is 5.69 Å². The zero-order chi connectivity index (χ0) is 22.5. The summed E-state index contributed by atoms with van der Waals surface area (Å²) in [5.74, 6) is 1.92. The molecule has 3 heterocycles. The molecule has 0 spiro atoms. The van der Waals surface area contributed by atoms with Gasteiger partial charge in [-0.25, -0.2) is 4.68 Å². The predicted molar refractivity (Wildman–Crippen MR) is 125 cm³/mol. The number of benzene rings is 1. The van der Waals surface area contributed by atoms with Crippen LogP contribution in [0.2, 0.25) is 0 Å². The van der Waals surface area contributed by atoms with Crippen molar-refractivity contribution in [1.82, 2.24) is 14.8 Å². The van der Waals surface area contributed by atoms with Gasteiger partial charge in [0.15, 0.2) is 11.5 Å². The Morgan fingerprint density at radius 2 is 1.91 bits per heavy atom. The molecule has 7 nitrogen and oxygen atoms in total. The number of nitrogens with one attached hydrogen (secondary N) is 1. The molecule has 1 aliphatic carbocycles. The maximum atomic E-state index is 13.4. The number of hydrogen-bond acceptors (Lipinski definition) is 6. The summed E-state index contributed by atoms with van der Waals surface area (Å²) < 4.78 is 7.36. The van der Waals surface area contributed by atoms with E-state index < -0.39 is 0 Å². The molecule has 1 aromatic carbocycles. The summed E-state index contributed by atoms with van der Waals surface area (Å²) in [5.41, 5.74) is 3.86. The van der Waals surface area contributed by atoms with Crippen LogP contribution in [0.15, 0.2) is 58.3 Å². The Morgan fingerprint density at radius 3 is 2.56 bits per heavy atom. The molecule has 0 saturated heterocycles. The van der Waals surface area contributed by atoms with Crippen LogP contribution in [-0.4, -0.2) is 33.6 Å². The molecule has 1 atom stereocenters. The Balaban J connectivity index is 1.63. The fourth-order valence-corrected chi connectivity index (χ4v) is 4.88. The Kier molecular flexibility index (Phi) is 4.92. The molecule has 0 bridgehead atoms. The summed E-state index contributed by atoms with van der Waals surface area (Å²) in [6.45, 7) is 10.5. The highest BCUT2D eigenvalue weighted by atomic mass is 16.3. The van der Waals surface area contributed by atoms with Crippen molar-refractivity contribution in [3.8, 4) is 11.6 Å². The molecule has 166 valence electrons. The Morgan fingerprint density at radius 1 is 1.16 bits per heavy atom. The van der Waals surface area contributed by atoms with Gasteiger partial charge in [-0.1, -0.05) is 26.0 Å². The number of anilines is 2. The SMILES string of the molecule is CCN(CC)c1ccc(C2C3=C(CC(C)(C)CC3=O)Nc3nc(-c4ccco4)nn32)cc1. The van der Waals surface area contributed by atoms with Crippen LogP contribution < -0.4 is 10.2 Å². The minimum absolute atomic E-state index is 0.0912. The monoisotopic (exact) mass is 431 g/mol. The second-order valence-corrected chi connectivity index (χ2v) is 9.31. The fourth-order valence-electron chi connectivity index (χ4n) is 4.88. The average molecular weight is 432 g/mol. The standard InChI is InChI=1S/C25H29N5O2/c1-5-29(6-2)17-11-9-16(10-12-17)22-21-18(14-25(3,4)15-19(21)31)26-24-27-23(28-30(22)24)20-8-7-13-32-20/h7-13,22H,5-6,14-15H2,1-4H3,(H,26,27,28). The van der Waals surface area contributed by atoms with Crippen LogP contribution in [0.4, 0.5) is 11.6 Å². The maximum Gasteiger partial charge on any atom is 0.227 e. The fraction of sp³-hybridized carbons (Fsp3) is 0.400. The van der Waals surface area contributed by atoms with Crippen molar-refractivity contribution in [2.45, 2.75) is 46.6 Å². The van der Waals surface area contributed by atoms with Crippen molar-refractivity contribution < 1.29 is 9.21 Å². The molecule has 2 aromatic heterocycles. The second-order valence-electron chi connectivity index (χ2n) is 9.31. The zero-order valence-corrected chi connectivity index (χ0v) is 19.1. The van der Waals surface area contributed by atoms with Gasteiger partial charge in [0.1, 0.15) is 6.04 Å². The molecule has 2 aliphatic rings. The lowest BCUT2D eigenvalue weighted by Crippen LogP contribution is -2.36. The highest BCUT2D eigenvalue weighted by molar-refractivity contribution is 6.00. The molecular weight excluding hydrogens is 402 g/mol. The first kappa shape index (κ1) is 20.5. The number of fused-ring (bicyclic) bond motifs is 1. The molecule has 32 heavy (non-hydrogen) atoms. The molecule has 0 radical (unpaired) electrons. The third kappa shape index (κ3) is 3.42. The number of allylic oxidation sites excluding steroid dienone is 2. The third-order valence-electron chi connectivity index (χ3n) is 6.41. The van der Waals surface area contributed by atoms with Crippen LogP contribution >= 0.6 is 0 Å². The molecule has 0 fully saturated rings. The summed E-state index contributed by atoms with van der Waals surface area (Å²) in [6.07, 6.45) is 2.93. The van der Waals surface area contributed by atoms with Crippen LogP contribution in [0.5, 0.6) is 0 Å². The highest BCUT2D eigenvalue weighted by Gasteiger charge is 2.42. The largest absolute Gasteiger partial charge is 0.461 e. The van der Waals surface area contributed by atoms with Crippen molar-refractivity contribution in [3.05, 3.63) is 59.5 Å². The van der Waals surface area contributed by atoms with Crippen LogP contribution in [0.3, 0.4) is 0 Å². The summed E-state index contributed by atoms with van der Waals surface area (Å²) in [7, 11) is 0. The van der Waals surface area contributed by atoms with Crippen molar-refractivity contribution in [3.63, 3.8) is 0 Å². The average Bonchev–Trinajstić information content (AvgIpc) is 3.42. The Labute approximate surface area is 188 Å². The maximum absolute atomic E-state index is 13.4. The number of aromatic nitrogens is 3. The van der Waals surface area contributed by atoms with Crippen LogP contribution in [0.25, 0.3) is 11.6 Å². The van der Waals surface area contributed by atoms with Crippen molar-refractivity contribution >= 4 is 17.4 Å². The molecule has 0 amide bonds. The minimum atomic E-state index is -0.313. The zero-order valence-electron chi connectivity index (χ0n) is 19.1. The van der Waals surface area contributed by atoms with Crippen molar-refractivity contribution in [1.29, 1.82) is 0 Å². The van der Waals surface area contributed by atoms with Gasteiger partial charge in [0.25, 0.3) is 0 Å². The van der Waals surface area contributed by atoms with E-state index in [-0.39, 0.29) is 17.2 Å². The second kappa shape index (κ2) is 7.65. The van der Waals surface area contributed by atoms with Crippen molar-refractivity contribution in [2.24, 2.45) is 5.41 Å². The first-order valence-corrected chi connectivity index (χ1v) is 11.3. The number of rotatable bonds is 5. The number of carbonyl (C=O) groups excluding carboxylic acids is 1. The van der Waals surface area contributed by atoms with Gasteiger partial charge >= 0.3 is 0 Å². The molecule has 0 saturated carbocycles. The lowest BCUT2D eigenvalue weighted by atomic mass is 9.73. The van der Waals surface area contributed by atoms with Crippen LogP contribution in [0, 0.1) is 5.41 Å². The summed E-state index contributed by atoms with van der Waals surface area (Å²) in [4.78, 5) is 20.4. The van der Waals surface area contributed by atoms with Gasteiger partial charge in [0.05, 0.1) is 6.26 Å². The van der Waals surface area contributed by atoms with Crippen LogP contribution in [-0.2, 0) is 4.79 Å². The minimum Gasteiger partial charge on any atom is -0.461 e. The normalized spacial score (nSPS) is 19.4. The molecule has 1 aliphatic heterocycles. The number of furan rings is 1. The Bertz CT molecular complexity index is 1170. The number of nitrogens with zero attached hydrogens (tertiary/aromatic N) is 4. The molecule has 3 aromatic rings. The lowest BCUT2D eigenvalue weighted by molar-refractivity contribution is -0.118. The van der Waals surface area contributed by atoms with Gasteiger partial charge in [0.2, 0.25) is 11.8 Å². The van der Waals surface area contributed by atoms with E-state index in [4.69, 9.17) is 14.5 Å². The van der Waals surface area contributed by atoms with Gasteiger partial charge < -0.3 is 14.6 Å². The summed E-state index contributed by atoms with van der Waals surface area (Å²) in [6, 6.07) is 11.8. The first-order chi connectivity index (χ1) is 15.4. The summed E-state index contributed by atoms with van der Waals surface area (Å²) >= 11 is 0.